The first kappa shape index (κ1) is 21.0. The van der Waals surface area contributed by atoms with E-state index in [0.717, 1.165) is 11.1 Å². The summed E-state index contributed by atoms with van der Waals surface area (Å²) >= 11 is 0. The number of likely N-dealkylation sites (N-methyl/N-ethyl adjacent to an activating group) is 1. The molecule has 0 spiro atoms. The number of aryl methyl sites for hydroxylation is 1. The fraction of sp³-hybridized carbons (Fsp3) is 0.364. The molecule has 29 heavy (non-hydrogen) atoms. The summed E-state index contributed by atoms with van der Waals surface area (Å²) in [6.45, 7) is 1.78. The SMILES string of the molecule is Cc1ccc(F)cc1NC(=O)CN1[C@H](C(N)=O)C[C@@H](N(C)C)[C@@H]1c1ccccc1. The van der Waals surface area contributed by atoms with E-state index in [1.54, 1.807) is 13.0 Å². The number of nitrogens with two attached hydrogens (primary N) is 1. The number of carbonyl (C=O) groups excluding carboxylic acids is 2. The van der Waals surface area contributed by atoms with Crippen molar-refractivity contribution in [1.29, 1.82) is 0 Å². The number of amides is 2. The van der Waals surface area contributed by atoms with Gasteiger partial charge in [0.2, 0.25) is 11.8 Å². The summed E-state index contributed by atoms with van der Waals surface area (Å²) in [4.78, 5) is 28.9. The first-order chi connectivity index (χ1) is 13.8. The molecule has 3 N–H and O–H groups in total. The highest BCUT2D eigenvalue weighted by atomic mass is 19.1. The summed E-state index contributed by atoms with van der Waals surface area (Å²) in [5.74, 6) is -1.19. The van der Waals surface area contributed by atoms with Crippen LogP contribution in [0.15, 0.2) is 48.5 Å². The highest BCUT2D eigenvalue weighted by Gasteiger charge is 2.45. The predicted molar refractivity (Wildman–Crippen MR) is 111 cm³/mol. The number of anilines is 1. The van der Waals surface area contributed by atoms with Crippen LogP contribution in [0.3, 0.4) is 0 Å². The van der Waals surface area contributed by atoms with Gasteiger partial charge in [-0.05, 0) is 50.7 Å². The molecular formula is C22H27FN4O2. The number of rotatable bonds is 6. The van der Waals surface area contributed by atoms with Crippen LogP contribution in [0.1, 0.15) is 23.6 Å². The summed E-state index contributed by atoms with van der Waals surface area (Å²) < 4.78 is 13.6. The minimum Gasteiger partial charge on any atom is -0.368 e. The molecule has 1 fully saturated rings. The highest BCUT2D eigenvalue weighted by molar-refractivity contribution is 5.93. The van der Waals surface area contributed by atoms with Gasteiger partial charge in [0, 0.05) is 11.7 Å². The van der Waals surface area contributed by atoms with Crippen molar-refractivity contribution < 1.29 is 14.0 Å². The van der Waals surface area contributed by atoms with Gasteiger partial charge >= 0.3 is 0 Å². The van der Waals surface area contributed by atoms with Crippen molar-refractivity contribution in [2.45, 2.75) is 31.5 Å². The number of carbonyl (C=O) groups is 2. The van der Waals surface area contributed by atoms with Gasteiger partial charge in [-0.2, -0.15) is 0 Å². The van der Waals surface area contributed by atoms with E-state index in [0.29, 0.717) is 12.1 Å². The second-order valence-electron chi connectivity index (χ2n) is 7.72. The second-order valence-corrected chi connectivity index (χ2v) is 7.72. The van der Waals surface area contributed by atoms with Crippen molar-refractivity contribution in [2.24, 2.45) is 5.73 Å². The average molecular weight is 398 g/mol. The Kier molecular flexibility index (Phi) is 6.30. The fourth-order valence-electron chi connectivity index (χ4n) is 4.04. The Morgan fingerprint density at radius 3 is 2.52 bits per heavy atom. The van der Waals surface area contributed by atoms with E-state index in [-0.39, 0.29) is 24.5 Å². The number of benzene rings is 2. The Hall–Kier alpha value is -2.77. The Morgan fingerprint density at radius 2 is 1.90 bits per heavy atom. The van der Waals surface area contributed by atoms with Crippen LogP contribution in [-0.4, -0.2) is 54.3 Å². The first-order valence-corrected chi connectivity index (χ1v) is 9.60. The van der Waals surface area contributed by atoms with E-state index < -0.39 is 17.8 Å². The van der Waals surface area contributed by atoms with E-state index in [4.69, 9.17) is 5.73 Å². The Bertz CT molecular complexity index is 888. The molecule has 2 aromatic carbocycles. The monoisotopic (exact) mass is 398 g/mol. The van der Waals surface area contributed by atoms with Crippen LogP contribution in [0.5, 0.6) is 0 Å². The molecule has 0 unspecified atom stereocenters. The average Bonchev–Trinajstić information content (AvgIpc) is 3.05. The summed E-state index contributed by atoms with van der Waals surface area (Å²) in [5.41, 5.74) is 7.88. The molecule has 0 saturated carbocycles. The third-order valence-electron chi connectivity index (χ3n) is 5.52. The number of primary amides is 1. The largest absolute Gasteiger partial charge is 0.368 e. The number of hydrogen-bond acceptors (Lipinski definition) is 4. The fourth-order valence-corrected chi connectivity index (χ4v) is 4.04. The van der Waals surface area contributed by atoms with Gasteiger partial charge in [-0.3, -0.25) is 14.5 Å². The third kappa shape index (κ3) is 4.63. The maximum absolute atomic E-state index is 13.6. The molecular weight excluding hydrogens is 371 g/mol. The minimum atomic E-state index is -0.563. The zero-order chi connectivity index (χ0) is 21.1. The first-order valence-electron chi connectivity index (χ1n) is 9.60. The van der Waals surface area contributed by atoms with Gasteiger partial charge in [-0.15, -0.1) is 0 Å². The highest BCUT2D eigenvalue weighted by Crippen LogP contribution is 2.38. The van der Waals surface area contributed by atoms with Gasteiger partial charge in [-0.25, -0.2) is 4.39 Å². The molecule has 0 aliphatic carbocycles. The van der Waals surface area contributed by atoms with Gasteiger partial charge in [0.15, 0.2) is 0 Å². The number of nitrogens with one attached hydrogen (secondary N) is 1. The molecule has 1 saturated heterocycles. The lowest BCUT2D eigenvalue weighted by molar-refractivity contribution is -0.124. The van der Waals surface area contributed by atoms with Gasteiger partial charge in [0.1, 0.15) is 5.82 Å². The predicted octanol–water partition coefficient (Wildman–Crippen LogP) is 2.30. The number of likely N-dealkylation sites (tertiary alicyclic amines) is 1. The molecule has 154 valence electrons. The minimum absolute atomic E-state index is 0.0204. The second kappa shape index (κ2) is 8.71. The van der Waals surface area contributed by atoms with Crippen molar-refractivity contribution in [3.63, 3.8) is 0 Å². The zero-order valence-corrected chi connectivity index (χ0v) is 16.9. The van der Waals surface area contributed by atoms with Crippen molar-refractivity contribution in [3.8, 4) is 0 Å². The Labute approximate surface area is 170 Å². The maximum atomic E-state index is 13.6. The standard InChI is InChI=1S/C22H27FN4O2/c1-14-9-10-16(23)11-17(14)25-20(28)13-27-19(22(24)29)12-18(26(2)3)21(27)15-7-5-4-6-8-15/h4-11,18-19,21H,12-13H2,1-3H3,(H2,24,29)(H,25,28)/t18-,19+,21+/m1/s1. The molecule has 3 rings (SSSR count). The molecule has 1 heterocycles. The maximum Gasteiger partial charge on any atom is 0.238 e. The van der Waals surface area contributed by atoms with Gasteiger partial charge in [0.25, 0.3) is 0 Å². The number of hydrogen-bond donors (Lipinski definition) is 2. The van der Waals surface area contributed by atoms with E-state index in [1.165, 1.54) is 12.1 Å². The molecule has 0 aromatic heterocycles. The van der Waals surface area contributed by atoms with Crippen LogP contribution < -0.4 is 11.1 Å². The van der Waals surface area contributed by atoms with Crippen LogP contribution in [0.4, 0.5) is 10.1 Å². The number of halogens is 1. The quantitative estimate of drug-likeness (QED) is 0.783. The zero-order valence-electron chi connectivity index (χ0n) is 16.9. The van der Waals surface area contributed by atoms with E-state index in [2.05, 4.69) is 10.2 Å². The molecule has 0 radical (unpaired) electrons. The van der Waals surface area contributed by atoms with Crippen molar-refractivity contribution >= 4 is 17.5 Å². The van der Waals surface area contributed by atoms with Crippen LogP contribution in [0.2, 0.25) is 0 Å². The molecule has 0 bridgehead atoms. The molecule has 1 aliphatic heterocycles. The normalized spacial score (nSPS) is 22.0. The van der Waals surface area contributed by atoms with E-state index >= 15 is 0 Å². The molecule has 2 aromatic rings. The lowest BCUT2D eigenvalue weighted by Crippen LogP contribution is -2.45. The lowest BCUT2D eigenvalue weighted by Gasteiger charge is -2.32. The molecule has 6 nitrogen and oxygen atoms in total. The summed E-state index contributed by atoms with van der Waals surface area (Å²) in [6.07, 6.45) is 0.536. The van der Waals surface area contributed by atoms with Crippen molar-refractivity contribution in [3.05, 3.63) is 65.5 Å². The van der Waals surface area contributed by atoms with E-state index in [1.807, 2.05) is 49.3 Å². The molecule has 1 aliphatic rings. The van der Waals surface area contributed by atoms with Crippen LogP contribution in [0, 0.1) is 12.7 Å². The summed E-state index contributed by atoms with van der Waals surface area (Å²) in [5, 5.41) is 2.77. The Balaban J connectivity index is 1.88. The van der Waals surface area contributed by atoms with Gasteiger partial charge in [0.05, 0.1) is 18.6 Å². The van der Waals surface area contributed by atoms with Crippen molar-refractivity contribution in [1.82, 2.24) is 9.80 Å². The van der Waals surface area contributed by atoms with Crippen LogP contribution in [-0.2, 0) is 9.59 Å². The van der Waals surface area contributed by atoms with Crippen LogP contribution >= 0.6 is 0 Å². The smallest absolute Gasteiger partial charge is 0.238 e. The molecule has 3 atom stereocenters. The molecule has 2 amide bonds. The molecule has 7 heteroatoms. The number of nitrogens with zero attached hydrogens (tertiary/aromatic N) is 2. The van der Waals surface area contributed by atoms with Crippen molar-refractivity contribution in [2.75, 3.05) is 26.0 Å². The summed E-state index contributed by atoms with van der Waals surface area (Å²) in [7, 11) is 3.91. The van der Waals surface area contributed by atoms with Gasteiger partial charge < -0.3 is 16.0 Å². The Morgan fingerprint density at radius 1 is 1.21 bits per heavy atom. The van der Waals surface area contributed by atoms with Gasteiger partial charge in [-0.1, -0.05) is 36.4 Å². The lowest BCUT2D eigenvalue weighted by atomic mass is 9.99. The topological polar surface area (TPSA) is 78.7 Å². The van der Waals surface area contributed by atoms with E-state index in [9.17, 15) is 14.0 Å². The third-order valence-corrected chi connectivity index (χ3v) is 5.52. The van der Waals surface area contributed by atoms with Crippen LogP contribution in [0.25, 0.3) is 0 Å². The summed E-state index contributed by atoms with van der Waals surface area (Å²) in [6, 6.07) is 13.3.